The van der Waals surface area contributed by atoms with Crippen molar-refractivity contribution < 1.29 is 14.1 Å². The summed E-state index contributed by atoms with van der Waals surface area (Å²) in [6.45, 7) is 5.16. The molecule has 1 aliphatic rings. The molecule has 23 heavy (non-hydrogen) atoms. The molecular formula is C16H20N4O3. The van der Waals surface area contributed by atoms with Crippen LogP contribution in [0, 0.1) is 13.8 Å². The first-order valence-corrected chi connectivity index (χ1v) is 7.68. The van der Waals surface area contributed by atoms with E-state index in [1.807, 2.05) is 19.1 Å². The molecular weight excluding hydrogens is 296 g/mol. The molecule has 7 nitrogen and oxygen atoms in total. The van der Waals surface area contributed by atoms with Crippen LogP contribution in [0.1, 0.15) is 34.8 Å². The van der Waals surface area contributed by atoms with E-state index in [4.69, 9.17) is 9.26 Å². The van der Waals surface area contributed by atoms with Crippen molar-refractivity contribution in [3.63, 3.8) is 0 Å². The number of nitrogens with one attached hydrogen (secondary N) is 2. The Balaban J connectivity index is 1.65. The highest BCUT2D eigenvalue weighted by Crippen LogP contribution is 2.19. The van der Waals surface area contributed by atoms with Gasteiger partial charge in [-0.25, -0.2) is 4.98 Å². The Morgan fingerprint density at radius 3 is 2.70 bits per heavy atom. The van der Waals surface area contributed by atoms with Crippen LogP contribution in [0.2, 0.25) is 0 Å². The summed E-state index contributed by atoms with van der Waals surface area (Å²) in [6, 6.07) is 5.69. The van der Waals surface area contributed by atoms with E-state index in [0.29, 0.717) is 17.5 Å². The van der Waals surface area contributed by atoms with Gasteiger partial charge in [0.25, 0.3) is 5.91 Å². The summed E-state index contributed by atoms with van der Waals surface area (Å²) in [5.74, 6) is 1.10. The highest BCUT2D eigenvalue weighted by atomic mass is 16.5. The van der Waals surface area contributed by atoms with E-state index in [2.05, 4.69) is 20.8 Å². The molecule has 0 spiro atoms. The molecule has 0 radical (unpaired) electrons. The molecule has 0 unspecified atom stereocenters. The number of hydrogen-bond donors (Lipinski definition) is 2. The molecule has 2 aromatic heterocycles. The minimum atomic E-state index is -0.308. The molecule has 1 fully saturated rings. The third kappa shape index (κ3) is 3.87. The largest absolute Gasteiger partial charge is 0.381 e. The van der Waals surface area contributed by atoms with Crippen LogP contribution in [0.4, 0.5) is 11.5 Å². The molecule has 122 valence electrons. The summed E-state index contributed by atoms with van der Waals surface area (Å²) >= 11 is 0. The number of amides is 1. The van der Waals surface area contributed by atoms with E-state index in [-0.39, 0.29) is 11.6 Å². The van der Waals surface area contributed by atoms with E-state index >= 15 is 0 Å². The maximum Gasteiger partial charge on any atom is 0.277 e. The second-order valence-electron chi connectivity index (χ2n) is 5.64. The predicted octanol–water partition coefficient (Wildman–Crippen LogP) is 2.53. The summed E-state index contributed by atoms with van der Waals surface area (Å²) in [5, 5.41) is 9.91. The molecule has 7 heteroatoms. The van der Waals surface area contributed by atoms with Gasteiger partial charge >= 0.3 is 0 Å². The van der Waals surface area contributed by atoms with E-state index in [0.717, 1.165) is 37.6 Å². The number of nitrogens with zero attached hydrogens (tertiary/aromatic N) is 2. The van der Waals surface area contributed by atoms with Crippen LogP contribution in [-0.2, 0) is 4.74 Å². The second-order valence-corrected chi connectivity index (χ2v) is 5.64. The number of hydrogen-bond acceptors (Lipinski definition) is 6. The predicted molar refractivity (Wildman–Crippen MR) is 85.6 cm³/mol. The molecule has 0 aliphatic carbocycles. The molecule has 0 bridgehead atoms. The van der Waals surface area contributed by atoms with Crippen molar-refractivity contribution in [2.45, 2.75) is 32.7 Å². The van der Waals surface area contributed by atoms with Crippen LogP contribution in [0.3, 0.4) is 0 Å². The Kier molecular flexibility index (Phi) is 4.57. The first-order chi connectivity index (χ1) is 11.1. The molecule has 3 heterocycles. The Bertz CT molecular complexity index is 692. The molecule has 0 saturated carbocycles. The third-order valence-electron chi connectivity index (χ3n) is 3.77. The van der Waals surface area contributed by atoms with Gasteiger partial charge in [-0.3, -0.25) is 4.79 Å². The van der Waals surface area contributed by atoms with Crippen molar-refractivity contribution in [1.29, 1.82) is 0 Å². The maximum atomic E-state index is 12.1. The van der Waals surface area contributed by atoms with Crippen molar-refractivity contribution in [2.24, 2.45) is 0 Å². The fraction of sp³-hybridized carbons (Fsp3) is 0.438. The molecule has 2 N–H and O–H groups in total. The maximum absolute atomic E-state index is 12.1. The van der Waals surface area contributed by atoms with Crippen molar-refractivity contribution in [2.75, 3.05) is 23.8 Å². The minimum Gasteiger partial charge on any atom is -0.381 e. The van der Waals surface area contributed by atoms with Crippen LogP contribution in [0.5, 0.6) is 0 Å². The Morgan fingerprint density at radius 2 is 2.04 bits per heavy atom. The summed E-state index contributed by atoms with van der Waals surface area (Å²) in [5.41, 5.74) is 1.66. The number of ether oxygens (including phenoxy) is 1. The lowest BCUT2D eigenvalue weighted by Crippen LogP contribution is -2.28. The van der Waals surface area contributed by atoms with E-state index in [1.54, 1.807) is 13.0 Å². The third-order valence-corrected chi connectivity index (χ3v) is 3.77. The smallest absolute Gasteiger partial charge is 0.277 e. The van der Waals surface area contributed by atoms with Crippen LogP contribution in [-0.4, -0.2) is 35.3 Å². The minimum absolute atomic E-state index is 0.256. The average Bonchev–Trinajstić information content (AvgIpc) is 2.98. The lowest BCUT2D eigenvalue weighted by Gasteiger charge is -2.23. The number of carbonyl (C=O) groups excluding carboxylic acids is 1. The molecule has 0 aromatic carbocycles. The van der Waals surface area contributed by atoms with Crippen molar-refractivity contribution >= 4 is 17.4 Å². The van der Waals surface area contributed by atoms with Crippen LogP contribution < -0.4 is 10.6 Å². The van der Waals surface area contributed by atoms with Crippen LogP contribution in [0.25, 0.3) is 0 Å². The van der Waals surface area contributed by atoms with Crippen molar-refractivity contribution in [3.05, 3.63) is 35.3 Å². The van der Waals surface area contributed by atoms with Gasteiger partial charge < -0.3 is 19.9 Å². The van der Waals surface area contributed by atoms with Gasteiger partial charge in [-0.1, -0.05) is 5.16 Å². The van der Waals surface area contributed by atoms with Crippen LogP contribution >= 0.6 is 0 Å². The summed E-state index contributed by atoms with van der Waals surface area (Å²) < 4.78 is 10.3. The first-order valence-electron chi connectivity index (χ1n) is 7.68. The van der Waals surface area contributed by atoms with Gasteiger partial charge in [0.1, 0.15) is 11.6 Å². The van der Waals surface area contributed by atoms with Gasteiger partial charge in [0, 0.05) is 25.3 Å². The summed E-state index contributed by atoms with van der Waals surface area (Å²) in [4.78, 5) is 16.6. The Morgan fingerprint density at radius 1 is 1.26 bits per heavy atom. The number of pyridine rings is 1. The highest BCUT2D eigenvalue weighted by molar-refractivity contribution is 6.03. The zero-order chi connectivity index (χ0) is 16.2. The lowest BCUT2D eigenvalue weighted by atomic mass is 10.1. The number of aryl methyl sites for hydroxylation is 2. The monoisotopic (exact) mass is 316 g/mol. The van der Waals surface area contributed by atoms with Gasteiger partial charge in [-0.05, 0) is 38.8 Å². The molecule has 2 aromatic rings. The fourth-order valence-electron chi connectivity index (χ4n) is 2.48. The standard InChI is InChI=1S/C16H20N4O3/c1-10-9-14(20-23-10)16(21)19-13-3-4-15(17-11(13)2)18-12-5-7-22-8-6-12/h3-4,9,12H,5-8H2,1-2H3,(H,17,18)(H,19,21). The van der Waals surface area contributed by atoms with E-state index < -0.39 is 0 Å². The Labute approximate surface area is 134 Å². The quantitative estimate of drug-likeness (QED) is 0.901. The van der Waals surface area contributed by atoms with Gasteiger partial charge in [0.2, 0.25) is 0 Å². The number of carbonyl (C=O) groups is 1. The summed E-state index contributed by atoms with van der Waals surface area (Å²) in [6.07, 6.45) is 1.95. The average molecular weight is 316 g/mol. The topological polar surface area (TPSA) is 89.3 Å². The van der Waals surface area contributed by atoms with Gasteiger partial charge in [-0.15, -0.1) is 0 Å². The lowest BCUT2D eigenvalue weighted by molar-refractivity contribution is 0.0904. The zero-order valence-corrected chi connectivity index (χ0v) is 13.3. The summed E-state index contributed by atoms with van der Waals surface area (Å²) in [7, 11) is 0. The van der Waals surface area contributed by atoms with Crippen LogP contribution in [0.15, 0.2) is 22.7 Å². The van der Waals surface area contributed by atoms with Gasteiger partial charge in [0.15, 0.2) is 5.69 Å². The van der Waals surface area contributed by atoms with E-state index in [9.17, 15) is 4.79 Å². The SMILES string of the molecule is Cc1cc(C(=O)Nc2ccc(NC3CCOCC3)nc2C)no1. The van der Waals surface area contributed by atoms with Gasteiger partial charge in [-0.2, -0.15) is 0 Å². The number of rotatable bonds is 4. The fourth-order valence-corrected chi connectivity index (χ4v) is 2.48. The molecule has 3 rings (SSSR count). The van der Waals surface area contributed by atoms with E-state index in [1.165, 1.54) is 0 Å². The number of aromatic nitrogens is 2. The molecule has 0 atom stereocenters. The highest BCUT2D eigenvalue weighted by Gasteiger charge is 2.15. The van der Waals surface area contributed by atoms with Crippen molar-refractivity contribution in [1.82, 2.24) is 10.1 Å². The molecule has 1 saturated heterocycles. The zero-order valence-electron chi connectivity index (χ0n) is 13.3. The Hall–Kier alpha value is -2.41. The normalized spacial score (nSPS) is 15.4. The molecule has 1 amide bonds. The first kappa shape index (κ1) is 15.5. The van der Waals surface area contributed by atoms with Gasteiger partial charge in [0.05, 0.1) is 11.4 Å². The second kappa shape index (κ2) is 6.78. The van der Waals surface area contributed by atoms with Crippen molar-refractivity contribution in [3.8, 4) is 0 Å². The number of anilines is 2. The molecule has 1 aliphatic heterocycles.